The van der Waals surface area contributed by atoms with Crippen molar-refractivity contribution in [2.45, 2.75) is 12.3 Å². The Balaban J connectivity index is 0.000000146. The molecule has 0 unspecified atom stereocenters. The van der Waals surface area contributed by atoms with Gasteiger partial charge in [0.05, 0.1) is 10.8 Å². The highest BCUT2D eigenvalue weighted by molar-refractivity contribution is 9.08. The Morgan fingerprint density at radius 1 is 0.880 bits per heavy atom. The molecule has 0 N–H and O–H groups in total. The third-order valence-corrected chi connectivity index (χ3v) is 4.49. The van der Waals surface area contributed by atoms with Crippen LogP contribution in [0, 0.1) is 6.92 Å². The van der Waals surface area contributed by atoms with Crippen molar-refractivity contribution in [3.63, 3.8) is 0 Å². The molecule has 0 bridgehead atoms. The minimum absolute atomic E-state index is 0.0787. The average Bonchev–Trinajstić information content (AvgIpc) is 3.03. The maximum Gasteiger partial charge on any atom is 0.290 e. The molecule has 0 saturated heterocycles. The maximum atomic E-state index is 11.4. The first-order valence-electron chi connectivity index (χ1n) is 7.62. The van der Waals surface area contributed by atoms with Gasteiger partial charge in [-0.05, 0) is 42.3 Å². The van der Waals surface area contributed by atoms with E-state index in [9.17, 15) is 9.59 Å². The number of rotatable bonds is 1. The number of nitrogens with zero attached hydrogens (tertiary/aromatic N) is 2. The summed E-state index contributed by atoms with van der Waals surface area (Å²) in [4.78, 5) is 22.7. The summed E-state index contributed by atoms with van der Waals surface area (Å²) in [5.41, 5.74) is 3.33. The van der Waals surface area contributed by atoms with Crippen LogP contribution in [-0.4, -0.2) is 9.48 Å². The van der Waals surface area contributed by atoms with Crippen molar-refractivity contribution in [2.24, 2.45) is 14.1 Å². The molecular weight excluding hydrogens is 388 g/mol. The first-order chi connectivity index (χ1) is 11.9. The van der Waals surface area contributed by atoms with Crippen LogP contribution >= 0.6 is 15.9 Å². The van der Waals surface area contributed by atoms with Crippen molar-refractivity contribution >= 4 is 37.9 Å². The summed E-state index contributed by atoms with van der Waals surface area (Å²) in [5.74, 6) is 0. The molecule has 7 heteroatoms. The predicted octanol–water partition coefficient (Wildman–Crippen LogP) is 3.47. The van der Waals surface area contributed by atoms with Crippen molar-refractivity contribution in [2.75, 3.05) is 0 Å². The van der Waals surface area contributed by atoms with Gasteiger partial charge < -0.3 is 9.05 Å². The van der Waals surface area contributed by atoms with Gasteiger partial charge >= 0.3 is 0 Å². The number of fused-ring (bicyclic) bond motifs is 2. The molecule has 25 heavy (non-hydrogen) atoms. The monoisotopic (exact) mass is 404 g/mol. The zero-order chi connectivity index (χ0) is 18.1. The van der Waals surface area contributed by atoms with E-state index >= 15 is 0 Å². The van der Waals surface area contributed by atoms with E-state index in [1.54, 1.807) is 26.2 Å². The van der Waals surface area contributed by atoms with E-state index in [0.717, 1.165) is 16.5 Å². The third kappa shape index (κ3) is 3.32. The van der Waals surface area contributed by atoms with Crippen molar-refractivity contribution < 1.29 is 9.05 Å². The fourth-order valence-corrected chi connectivity index (χ4v) is 2.85. The summed E-state index contributed by atoms with van der Waals surface area (Å²) in [7, 11) is 3.22. The second kappa shape index (κ2) is 6.76. The standard InChI is InChI=1S/C9H8BrNO2.C9H9NO2/c1-11-9(12)7-3-2-6(5-10)4-8(7)13-11;1-6-3-4-7-8(5-6)12-10(2)9(7)11/h2-4H,5H2,1H3;3-5H,1-2H3. The zero-order valence-corrected chi connectivity index (χ0v) is 15.7. The van der Waals surface area contributed by atoms with Crippen LogP contribution in [0.5, 0.6) is 0 Å². The SMILES string of the molecule is Cc1ccc2c(=O)n(C)oc2c1.Cn1oc2cc(CBr)ccc2c1=O. The van der Waals surface area contributed by atoms with Crippen molar-refractivity contribution in [1.29, 1.82) is 0 Å². The number of benzene rings is 2. The van der Waals surface area contributed by atoms with Gasteiger partial charge in [0.2, 0.25) is 0 Å². The van der Waals surface area contributed by atoms with Gasteiger partial charge in [-0.15, -0.1) is 0 Å². The Hall–Kier alpha value is -2.54. The Morgan fingerprint density at radius 2 is 1.40 bits per heavy atom. The van der Waals surface area contributed by atoms with Gasteiger partial charge in [-0.25, -0.2) is 0 Å². The van der Waals surface area contributed by atoms with Crippen LogP contribution in [0.3, 0.4) is 0 Å². The van der Waals surface area contributed by atoms with Gasteiger partial charge in [0.15, 0.2) is 11.2 Å². The van der Waals surface area contributed by atoms with Crippen LogP contribution in [0.15, 0.2) is 55.0 Å². The predicted molar refractivity (Wildman–Crippen MR) is 100 cm³/mol. The molecule has 4 rings (SSSR count). The molecule has 0 aliphatic heterocycles. The van der Waals surface area contributed by atoms with Gasteiger partial charge in [0.1, 0.15) is 0 Å². The van der Waals surface area contributed by atoms with Crippen molar-refractivity contribution in [1.82, 2.24) is 9.48 Å². The van der Waals surface area contributed by atoms with Crippen LogP contribution < -0.4 is 11.1 Å². The zero-order valence-electron chi connectivity index (χ0n) is 14.1. The largest absolute Gasteiger partial charge is 0.376 e. The Morgan fingerprint density at radius 3 is 1.96 bits per heavy atom. The lowest BCUT2D eigenvalue weighted by molar-refractivity contribution is 0.323. The summed E-state index contributed by atoms with van der Waals surface area (Å²) < 4.78 is 12.9. The normalized spacial score (nSPS) is 10.9. The molecule has 0 aliphatic rings. The number of hydrogen-bond acceptors (Lipinski definition) is 4. The molecule has 0 saturated carbocycles. The van der Waals surface area contributed by atoms with Crippen LogP contribution in [-0.2, 0) is 19.4 Å². The fourth-order valence-electron chi connectivity index (χ4n) is 2.50. The molecule has 0 aliphatic carbocycles. The van der Waals surface area contributed by atoms with Crippen molar-refractivity contribution in [3.8, 4) is 0 Å². The number of halogens is 1. The molecule has 0 spiro atoms. The summed E-state index contributed by atoms with van der Waals surface area (Å²) in [6, 6.07) is 11.1. The molecule has 0 radical (unpaired) electrons. The smallest absolute Gasteiger partial charge is 0.290 e. The Labute approximate surface area is 151 Å². The van der Waals surface area contributed by atoms with E-state index in [2.05, 4.69) is 15.9 Å². The number of alkyl halides is 1. The van der Waals surface area contributed by atoms with E-state index in [1.165, 1.54) is 9.48 Å². The summed E-state index contributed by atoms with van der Waals surface area (Å²) in [6.07, 6.45) is 0. The molecule has 2 aromatic heterocycles. The molecule has 2 heterocycles. The highest BCUT2D eigenvalue weighted by Gasteiger charge is 2.06. The average molecular weight is 405 g/mol. The number of aryl methyl sites for hydroxylation is 3. The summed E-state index contributed by atoms with van der Waals surface area (Å²) in [6.45, 7) is 1.96. The molecule has 0 amide bonds. The quantitative estimate of drug-likeness (QED) is 0.455. The van der Waals surface area contributed by atoms with Gasteiger partial charge in [-0.2, -0.15) is 9.48 Å². The lowest BCUT2D eigenvalue weighted by Crippen LogP contribution is -2.08. The molecular formula is C18H17BrN2O4. The lowest BCUT2D eigenvalue weighted by Gasteiger charge is -1.91. The van der Waals surface area contributed by atoms with E-state index in [4.69, 9.17) is 9.05 Å². The number of aromatic nitrogens is 2. The molecule has 130 valence electrons. The first-order valence-corrected chi connectivity index (χ1v) is 8.74. The summed E-state index contributed by atoms with van der Waals surface area (Å²) >= 11 is 3.34. The van der Waals surface area contributed by atoms with Gasteiger partial charge in [0.25, 0.3) is 11.1 Å². The van der Waals surface area contributed by atoms with E-state index < -0.39 is 0 Å². The van der Waals surface area contributed by atoms with Gasteiger partial charge in [-0.3, -0.25) is 9.59 Å². The molecule has 2 aromatic carbocycles. The first kappa shape index (κ1) is 17.3. The topological polar surface area (TPSA) is 70.3 Å². The van der Waals surface area contributed by atoms with Crippen LogP contribution in [0.1, 0.15) is 11.1 Å². The second-order valence-electron chi connectivity index (χ2n) is 5.75. The molecule has 0 fully saturated rings. The minimum Gasteiger partial charge on any atom is -0.376 e. The van der Waals surface area contributed by atoms with E-state index in [1.807, 2.05) is 31.2 Å². The lowest BCUT2D eigenvalue weighted by atomic mass is 10.2. The minimum atomic E-state index is -0.0869. The van der Waals surface area contributed by atoms with Crippen LogP contribution in [0.2, 0.25) is 0 Å². The van der Waals surface area contributed by atoms with Gasteiger partial charge in [0, 0.05) is 19.4 Å². The fraction of sp³-hybridized carbons (Fsp3) is 0.222. The highest BCUT2D eigenvalue weighted by Crippen LogP contribution is 2.15. The summed E-state index contributed by atoms with van der Waals surface area (Å²) in [5, 5.41) is 2.04. The van der Waals surface area contributed by atoms with Gasteiger partial charge in [-0.1, -0.05) is 28.1 Å². The third-order valence-electron chi connectivity index (χ3n) is 3.84. The maximum absolute atomic E-state index is 11.4. The Bertz CT molecular complexity index is 1160. The van der Waals surface area contributed by atoms with Crippen LogP contribution in [0.25, 0.3) is 21.9 Å². The molecule has 4 aromatic rings. The highest BCUT2D eigenvalue weighted by atomic mass is 79.9. The molecule has 6 nitrogen and oxygen atoms in total. The second-order valence-corrected chi connectivity index (χ2v) is 6.31. The van der Waals surface area contributed by atoms with Crippen molar-refractivity contribution in [3.05, 3.63) is 68.2 Å². The molecule has 0 atom stereocenters. The van der Waals surface area contributed by atoms with E-state index in [-0.39, 0.29) is 11.1 Å². The number of hydrogen-bond donors (Lipinski definition) is 0. The van der Waals surface area contributed by atoms with E-state index in [0.29, 0.717) is 21.9 Å². The van der Waals surface area contributed by atoms with Crippen LogP contribution in [0.4, 0.5) is 0 Å². The Kier molecular flexibility index (Phi) is 4.67.